The molecule has 4 rings (SSSR count). The van der Waals surface area contributed by atoms with Gasteiger partial charge in [-0.1, -0.05) is 18.2 Å². The van der Waals surface area contributed by atoms with E-state index in [4.69, 9.17) is 0 Å². The van der Waals surface area contributed by atoms with Crippen molar-refractivity contribution < 1.29 is 9.18 Å². The summed E-state index contributed by atoms with van der Waals surface area (Å²) in [6.45, 7) is 1.94. The van der Waals surface area contributed by atoms with Crippen LogP contribution in [0.2, 0.25) is 0 Å². The molecule has 6 heteroatoms. The maximum atomic E-state index is 14.4. The number of likely N-dealkylation sites (tertiary alicyclic amines) is 1. The highest BCUT2D eigenvalue weighted by Gasteiger charge is 2.36. The summed E-state index contributed by atoms with van der Waals surface area (Å²) in [5.74, 6) is -0.328. The Morgan fingerprint density at radius 2 is 2.22 bits per heavy atom. The fourth-order valence-corrected chi connectivity index (χ4v) is 4.26. The van der Waals surface area contributed by atoms with Crippen molar-refractivity contribution in [3.05, 3.63) is 60.5 Å². The first-order valence-electron chi connectivity index (χ1n) is 9.60. The van der Waals surface area contributed by atoms with Crippen molar-refractivity contribution >= 4 is 6.03 Å². The maximum Gasteiger partial charge on any atom is 0.317 e. The van der Waals surface area contributed by atoms with Crippen molar-refractivity contribution in [3.63, 3.8) is 0 Å². The number of aromatic nitrogens is 2. The van der Waals surface area contributed by atoms with Crippen LogP contribution in [0.25, 0.3) is 5.69 Å². The minimum absolute atomic E-state index is 0.0530. The van der Waals surface area contributed by atoms with Crippen LogP contribution in [0.1, 0.15) is 37.7 Å². The molecule has 1 spiro atoms. The van der Waals surface area contributed by atoms with Gasteiger partial charge in [-0.3, -0.25) is 0 Å². The van der Waals surface area contributed by atoms with Crippen LogP contribution >= 0.6 is 0 Å². The molecule has 2 amide bonds. The van der Waals surface area contributed by atoms with Gasteiger partial charge in [0.1, 0.15) is 5.82 Å². The highest BCUT2D eigenvalue weighted by atomic mass is 19.1. The van der Waals surface area contributed by atoms with Crippen LogP contribution in [0.5, 0.6) is 0 Å². The molecule has 2 aromatic rings. The Hall–Kier alpha value is -2.63. The Labute approximate surface area is 158 Å². The van der Waals surface area contributed by atoms with Crippen LogP contribution < -0.4 is 5.32 Å². The van der Waals surface area contributed by atoms with Crippen LogP contribution in [0.15, 0.2) is 49.1 Å². The van der Waals surface area contributed by atoms with Gasteiger partial charge in [-0.05, 0) is 55.2 Å². The third-order valence-electron chi connectivity index (χ3n) is 5.75. The zero-order chi connectivity index (χ0) is 18.7. The standard InChI is InChI=1S/C21H25FN4O/c22-18-13-17(5-6-19(18)26-12-10-23-16-26)14-24-20(27)25-11-4-9-21(15-25)7-2-1-3-8-21/h1-2,5-6,10,12-13,16H,3-4,7-9,11,14-15H2,(H,24,27). The highest BCUT2D eigenvalue weighted by Crippen LogP contribution is 2.40. The Kier molecular flexibility index (Phi) is 4.97. The number of carbonyl (C=O) groups excluding carboxylic acids is 1. The molecular formula is C21H25FN4O. The van der Waals surface area contributed by atoms with Gasteiger partial charge in [0.25, 0.3) is 0 Å². The van der Waals surface area contributed by atoms with Gasteiger partial charge in [-0.25, -0.2) is 14.2 Å². The monoisotopic (exact) mass is 368 g/mol. The molecule has 1 aliphatic carbocycles. The van der Waals surface area contributed by atoms with Crippen LogP contribution in [-0.2, 0) is 6.54 Å². The molecular weight excluding hydrogens is 343 g/mol. The Morgan fingerprint density at radius 3 is 2.96 bits per heavy atom. The van der Waals surface area contributed by atoms with E-state index in [1.807, 2.05) is 11.0 Å². The first kappa shape index (κ1) is 17.8. The molecule has 1 aromatic heterocycles. The summed E-state index contributed by atoms with van der Waals surface area (Å²) in [7, 11) is 0. The number of rotatable bonds is 3. The molecule has 1 fully saturated rings. The van der Waals surface area contributed by atoms with E-state index in [0.29, 0.717) is 12.2 Å². The average molecular weight is 368 g/mol. The summed E-state index contributed by atoms with van der Waals surface area (Å²) in [6.07, 6.45) is 15.0. The number of nitrogens with one attached hydrogen (secondary N) is 1. The first-order valence-corrected chi connectivity index (χ1v) is 9.60. The van der Waals surface area contributed by atoms with Gasteiger partial charge in [-0.2, -0.15) is 0 Å². The van der Waals surface area contributed by atoms with Crippen LogP contribution in [0.4, 0.5) is 9.18 Å². The predicted molar refractivity (Wildman–Crippen MR) is 102 cm³/mol. The largest absolute Gasteiger partial charge is 0.334 e. The van der Waals surface area contributed by atoms with E-state index in [9.17, 15) is 9.18 Å². The Bertz CT molecular complexity index is 833. The number of allylic oxidation sites excluding steroid dienone is 2. The normalized spacial score (nSPS) is 22.2. The SMILES string of the molecule is O=C(NCc1ccc(-n2ccnc2)c(F)c1)N1CCCC2(CC=CCC2)C1. The van der Waals surface area contributed by atoms with E-state index in [1.54, 1.807) is 29.4 Å². The predicted octanol–water partition coefficient (Wildman–Crippen LogP) is 4.04. The molecule has 27 heavy (non-hydrogen) atoms. The minimum atomic E-state index is -0.328. The first-order chi connectivity index (χ1) is 13.2. The molecule has 5 nitrogen and oxygen atoms in total. The molecule has 0 bridgehead atoms. The van der Waals surface area contributed by atoms with Gasteiger partial charge in [-0.15, -0.1) is 0 Å². The van der Waals surface area contributed by atoms with Crippen molar-refractivity contribution in [1.29, 1.82) is 0 Å². The quantitative estimate of drug-likeness (QED) is 0.831. The van der Waals surface area contributed by atoms with Crippen molar-refractivity contribution in [3.8, 4) is 5.69 Å². The summed E-state index contributed by atoms with van der Waals surface area (Å²) >= 11 is 0. The van der Waals surface area contributed by atoms with Crippen molar-refractivity contribution in [2.45, 2.75) is 38.6 Å². The molecule has 1 unspecified atom stereocenters. The third kappa shape index (κ3) is 3.89. The summed E-state index contributed by atoms with van der Waals surface area (Å²) in [6, 6.07) is 4.97. The van der Waals surface area contributed by atoms with Crippen LogP contribution in [-0.4, -0.2) is 33.6 Å². The van der Waals surface area contributed by atoms with E-state index >= 15 is 0 Å². The lowest BCUT2D eigenvalue weighted by Crippen LogP contribution is -2.49. The van der Waals surface area contributed by atoms with Gasteiger partial charge < -0.3 is 14.8 Å². The van der Waals surface area contributed by atoms with Crippen molar-refractivity contribution in [2.24, 2.45) is 5.41 Å². The van der Waals surface area contributed by atoms with Crippen LogP contribution in [0, 0.1) is 11.2 Å². The second-order valence-electron chi connectivity index (χ2n) is 7.65. The lowest BCUT2D eigenvalue weighted by Gasteiger charge is -2.43. The zero-order valence-electron chi connectivity index (χ0n) is 15.4. The molecule has 1 saturated heterocycles. The maximum absolute atomic E-state index is 14.4. The van der Waals surface area contributed by atoms with Crippen molar-refractivity contribution in [1.82, 2.24) is 19.8 Å². The number of hydrogen-bond donors (Lipinski definition) is 1. The molecule has 142 valence electrons. The van der Waals surface area contributed by atoms with E-state index in [0.717, 1.165) is 44.3 Å². The molecule has 1 aliphatic heterocycles. The number of hydrogen-bond acceptors (Lipinski definition) is 2. The number of nitrogens with zero attached hydrogens (tertiary/aromatic N) is 3. The smallest absolute Gasteiger partial charge is 0.317 e. The number of imidazole rings is 1. The zero-order valence-corrected chi connectivity index (χ0v) is 15.4. The molecule has 1 atom stereocenters. The van der Waals surface area contributed by atoms with E-state index in [1.165, 1.54) is 12.5 Å². The Balaban J connectivity index is 1.36. The number of urea groups is 1. The van der Waals surface area contributed by atoms with Crippen LogP contribution in [0.3, 0.4) is 0 Å². The lowest BCUT2D eigenvalue weighted by atomic mass is 9.71. The van der Waals surface area contributed by atoms with Gasteiger partial charge in [0.2, 0.25) is 0 Å². The van der Waals surface area contributed by atoms with E-state index in [2.05, 4.69) is 22.5 Å². The fraction of sp³-hybridized carbons (Fsp3) is 0.429. The lowest BCUT2D eigenvalue weighted by molar-refractivity contribution is 0.0958. The molecule has 1 aromatic carbocycles. The second-order valence-corrected chi connectivity index (χ2v) is 7.65. The molecule has 2 heterocycles. The molecule has 2 aliphatic rings. The number of amides is 2. The van der Waals surface area contributed by atoms with Gasteiger partial charge in [0.05, 0.1) is 12.0 Å². The molecule has 0 saturated carbocycles. The van der Waals surface area contributed by atoms with Gasteiger partial charge in [0, 0.05) is 32.0 Å². The summed E-state index contributed by atoms with van der Waals surface area (Å²) in [5.41, 5.74) is 1.45. The van der Waals surface area contributed by atoms with E-state index in [-0.39, 0.29) is 17.3 Å². The van der Waals surface area contributed by atoms with Gasteiger partial charge >= 0.3 is 6.03 Å². The number of halogens is 1. The number of benzene rings is 1. The summed E-state index contributed by atoms with van der Waals surface area (Å²) in [4.78, 5) is 18.5. The van der Waals surface area contributed by atoms with E-state index < -0.39 is 0 Å². The highest BCUT2D eigenvalue weighted by molar-refractivity contribution is 5.74. The fourth-order valence-electron chi connectivity index (χ4n) is 4.26. The molecule has 0 radical (unpaired) electrons. The summed E-state index contributed by atoms with van der Waals surface area (Å²) in [5, 5.41) is 2.96. The van der Waals surface area contributed by atoms with Crippen molar-refractivity contribution in [2.75, 3.05) is 13.1 Å². The topological polar surface area (TPSA) is 50.2 Å². The summed E-state index contributed by atoms with van der Waals surface area (Å²) < 4.78 is 16.0. The number of piperidine rings is 1. The average Bonchev–Trinajstić information content (AvgIpc) is 3.21. The number of carbonyl (C=O) groups is 1. The van der Waals surface area contributed by atoms with Gasteiger partial charge in [0.15, 0.2) is 0 Å². The minimum Gasteiger partial charge on any atom is -0.334 e. The Morgan fingerprint density at radius 1 is 1.30 bits per heavy atom. The molecule has 1 N–H and O–H groups in total. The second kappa shape index (κ2) is 7.55. The third-order valence-corrected chi connectivity index (χ3v) is 5.75.